The molecule has 6 aliphatic heterocycles. The van der Waals surface area contributed by atoms with Crippen molar-refractivity contribution in [3.05, 3.63) is 12.2 Å². The van der Waals surface area contributed by atoms with Gasteiger partial charge in [-0.3, -0.25) is 4.79 Å². The smallest absolute Gasteiger partial charge is 0.314 e. The van der Waals surface area contributed by atoms with Gasteiger partial charge in [0.05, 0.1) is 50.2 Å². The summed E-state index contributed by atoms with van der Waals surface area (Å²) >= 11 is 1.45. The summed E-state index contributed by atoms with van der Waals surface area (Å²) in [5, 5.41) is 195. The fourth-order valence-corrected chi connectivity index (χ4v) is 17.1. The average molecular weight is 1400 g/mol. The van der Waals surface area contributed by atoms with E-state index in [-0.39, 0.29) is 12.3 Å². The number of fused-ring (bicyclic) bond motifs is 3. The number of esters is 1. The molecule has 2 bridgehead atoms. The Labute approximate surface area is 525 Å². The second-order valence-electron chi connectivity index (χ2n) is 26.5. The van der Waals surface area contributed by atoms with E-state index in [1.165, 1.54) is 29.9 Å². The molecule has 10 rings (SSSR count). The Morgan fingerprint density at radius 2 is 0.910 bits per heavy atom. The van der Waals surface area contributed by atoms with Gasteiger partial charge in [0.1, 0.15) is 157 Å². The largest absolute Gasteiger partial charge is 0.432 e. The molecule has 36 unspecified atom stereocenters. The Balaban J connectivity index is 0.919. The normalized spacial score (nSPS) is 54.5. The van der Waals surface area contributed by atoms with Gasteiger partial charge in [0, 0.05) is 0 Å². The van der Waals surface area contributed by atoms with Crippen molar-refractivity contribution in [3.63, 3.8) is 0 Å². The molecule has 4 aliphatic carbocycles. The first-order valence-corrected chi connectivity index (χ1v) is 31.3. The second kappa shape index (κ2) is 27.7. The van der Waals surface area contributed by atoms with E-state index in [2.05, 4.69) is 13.5 Å². The Hall–Kier alpha value is -1.26. The standard InChI is InChI=1S/C56H89IO32/c1-19-12-55-10-6-26-53(3,27(55)7-11-56(19,18-55)88-51-45(86-46-37(72)33(68)28(63)20(2)77-46)43(32(67)24(16-61)81-51)84-47-38(73)34(69)29(64)21(13-58)78-47)8-5-9-54(26,4)52(76)87-50-44(85-48-39(74)35(70)30(65)22(14-59)79-48)42(31(66)23(15-60)80-50)83-49-40(75)36(71)41(89-57)25(17-62)82-49/h20-51,58-75H,1,5-18H2,2-4H3. The van der Waals surface area contributed by atoms with Crippen molar-refractivity contribution in [1.29, 1.82) is 0 Å². The minimum Gasteiger partial charge on any atom is -0.432 e. The van der Waals surface area contributed by atoms with Crippen LogP contribution in [0.3, 0.4) is 0 Å². The zero-order valence-corrected chi connectivity index (χ0v) is 51.4. The van der Waals surface area contributed by atoms with E-state index in [1.807, 2.05) is 0 Å². The first kappa shape index (κ1) is 70.5. The highest BCUT2D eigenvalue weighted by atomic mass is 127. The van der Waals surface area contributed by atoms with Crippen molar-refractivity contribution >= 4 is 29.0 Å². The highest BCUT2D eigenvalue weighted by Crippen LogP contribution is 2.74. The zero-order chi connectivity index (χ0) is 64.7. The molecule has 4 saturated carbocycles. The molecule has 6 saturated heterocycles. The molecular formula is C56H89IO32. The predicted molar refractivity (Wildman–Crippen MR) is 296 cm³/mol. The van der Waals surface area contributed by atoms with Crippen molar-refractivity contribution in [2.24, 2.45) is 28.1 Å². The number of hydrogen-bond acceptors (Lipinski definition) is 32. The Morgan fingerprint density at radius 1 is 0.483 bits per heavy atom. The topological polar surface area (TPSA) is 501 Å². The molecule has 1 spiro atoms. The molecule has 18 N–H and O–H groups in total. The molecule has 512 valence electrons. The van der Waals surface area contributed by atoms with Crippen LogP contribution in [0.1, 0.15) is 78.6 Å². The summed E-state index contributed by atoms with van der Waals surface area (Å²) in [5.74, 6) is -1.35. The van der Waals surface area contributed by atoms with Gasteiger partial charge in [-0.1, -0.05) is 19.9 Å². The molecule has 0 aromatic rings. The minimum absolute atomic E-state index is 0.122. The maximum absolute atomic E-state index is 15.4. The fraction of sp³-hybridized carbons (Fsp3) is 0.946. The third-order valence-corrected chi connectivity index (χ3v) is 21.9. The van der Waals surface area contributed by atoms with Gasteiger partial charge in [-0.05, 0) is 93.5 Å². The van der Waals surface area contributed by atoms with E-state index in [0.29, 0.717) is 56.9 Å². The van der Waals surface area contributed by atoms with Gasteiger partial charge in [0.2, 0.25) is 6.29 Å². The Kier molecular flexibility index (Phi) is 21.9. The number of halogens is 1. The van der Waals surface area contributed by atoms with E-state index in [1.54, 1.807) is 6.92 Å². The highest BCUT2D eigenvalue weighted by Gasteiger charge is 2.70. The summed E-state index contributed by atoms with van der Waals surface area (Å²) in [6.07, 6.45) is -48.5. The van der Waals surface area contributed by atoms with E-state index >= 15 is 4.79 Å². The van der Waals surface area contributed by atoms with Gasteiger partial charge in [0.15, 0.2) is 37.6 Å². The lowest BCUT2D eigenvalue weighted by Gasteiger charge is -2.64. The van der Waals surface area contributed by atoms with Gasteiger partial charge >= 0.3 is 5.97 Å². The van der Waals surface area contributed by atoms with Crippen molar-refractivity contribution in [2.75, 3.05) is 33.0 Å². The van der Waals surface area contributed by atoms with Gasteiger partial charge in [0.25, 0.3) is 0 Å². The quantitative estimate of drug-likeness (QED) is 0.0262. The van der Waals surface area contributed by atoms with Crippen LogP contribution in [0.5, 0.6) is 0 Å². The van der Waals surface area contributed by atoms with E-state index < -0.39 is 251 Å². The Morgan fingerprint density at radius 3 is 1.43 bits per heavy atom. The molecule has 0 amide bonds. The number of aliphatic hydroxyl groups excluding tert-OH is 18. The monoisotopic (exact) mass is 1400 g/mol. The third kappa shape index (κ3) is 12.6. The molecule has 0 aromatic heterocycles. The van der Waals surface area contributed by atoms with E-state index in [4.69, 9.17) is 59.9 Å². The second-order valence-corrected chi connectivity index (χ2v) is 27.0. The number of carbonyl (C=O) groups excluding carboxylic acids is 1. The van der Waals surface area contributed by atoms with E-state index in [0.717, 1.165) is 0 Å². The predicted octanol–water partition coefficient (Wildman–Crippen LogP) is -7.06. The lowest BCUT2D eigenvalue weighted by atomic mass is 9.41. The number of aliphatic hydroxyl groups is 18. The lowest BCUT2D eigenvalue weighted by molar-refractivity contribution is -0.398. The van der Waals surface area contributed by atoms with Crippen LogP contribution in [0.4, 0.5) is 0 Å². The van der Waals surface area contributed by atoms with Crippen LogP contribution in [0.15, 0.2) is 12.2 Å². The van der Waals surface area contributed by atoms with Gasteiger partial charge in [-0.2, -0.15) is 0 Å². The Bertz CT molecular complexity index is 2400. The molecule has 33 heteroatoms. The maximum atomic E-state index is 15.4. The molecule has 6 heterocycles. The third-order valence-electron chi connectivity index (χ3n) is 21.3. The summed E-state index contributed by atoms with van der Waals surface area (Å²) in [5.41, 5.74) is -3.06. The van der Waals surface area contributed by atoms with Crippen LogP contribution in [-0.2, 0) is 64.7 Å². The van der Waals surface area contributed by atoms with Crippen molar-refractivity contribution in [2.45, 2.75) is 268 Å². The first-order valence-electron chi connectivity index (χ1n) is 30.4. The van der Waals surface area contributed by atoms with Crippen LogP contribution >= 0.6 is 23.0 Å². The summed E-state index contributed by atoms with van der Waals surface area (Å²) in [6, 6.07) is 0. The lowest BCUT2D eigenvalue weighted by Crippen LogP contribution is -2.68. The van der Waals surface area contributed by atoms with Crippen molar-refractivity contribution in [3.8, 4) is 0 Å². The van der Waals surface area contributed by atoms with Gasteiger partial charge in [-0.25, -0.2) is 0 Å². The summed E-state index contributed by atoms with van der Waals surface area (Å²) in [7, 11) is 0. The highest BCUT2D eigenvalue weighted by molar-refractivity contribution is 14.1. The van der Waals surface area contributed by atoms with Gasteiger partial charge < -0.3 is 152 Å². The molecule has 0 aromatic carbocycles. The number of ether oxygens (including phenoxy) is 12. The van der Waals surface area contributed by atoms with Crippen LogP contribution in [0, 0.1) is 28.1 Å². The number of rotatable bonds is 18. The van der Waals surface area contributed by atoms with Crippen molar-refractivity contribution < 1.29 is 157 Å². The van der Waals surface area contributed by atoms with Crippen LogP contribution in [-0.4, -0.2) is 321 Å². The van der Waals surface area contributed by atoms with Crippen LogP contribution in [0.25, 0.3) is 0 Å². The van der Waals surface area contributed by atoms with Crippen molar-refractivity contribution in [1.82, 2.24) is 0 Å². The minimum atomic E-state index is -2.06. The molecule has 10 aliphatic rings. The fourth-order valence-electron chi connectivity index (χ4n) is 16.5. The SMILES string of the molecule is C=C1CC23CCC4C(C)(C(=O)OC5OC(CO)C(O)C(OC6OC(CO)C(OI)C(O)C6O)C5OC5OC(CO)C(O)C(O)C5O)CCCC4(C)C2CCC1(OC1OC(CO)C(O)C(OC2OC(CO)C(O)C(O)C2O)C1OC1OC(C)C(O)C(O)C1O)C3. The molecule has 36 atom stereocenters. The first-order chi connectivity index (χ1) is 42.1. The number of hydrogen-bond donors (Lipinski definition) is 18. The summed E-state index contributed by atoms with van der Waals surface area (Å²) < 4.78 is 78.9. The zero-order valence-electron chi connectivity index (χ0n) is 49.2. The molecular weight excluding hydrogens is 1310 g/mol. The molecule has 32 nitrogen and oxygen atoms in total. The number of carbonyl (C=O) groups is 1. The summed E-state index contributed by atoms with van der Waals surface area (Å²) in [4.78, 5) is 15.4. The summed E-state index contributed by atoms with van der Waals surface area (Å²) in [6.45, 7) is 5.63. The molecule has 0 radical (unpaired) electrons. The molecule has 10 fully saturated rings. The maximum Gasteiger partial charge on any atom is 0.314 e. The molecule has 89 heavy (non-hydrogen) atoms. The average Bonchev–Trinajstić information content (AvgIpc) is 1.64. The van der Waals surface area contributed by atoms with Crippen LogP contribution in [0.2, 0.25) is 0 Å². The van der Waals surface area contributed by atoms with E-state index in [9.17, 15) is 91.9 Å². The van der Waals surface area contributed by atoms with Gasteiger partial charge in [-0.15, -0.1) is 0 Å². The van der Waals surface area contributed by atoms with Crippen LogP contribution < -0.4 is 0 Å².